The highest BCUT2D eigenvalue weighted by atomic mass is 16.3. The van der Waals surface area contributed by atoms with Gasteiger partial charge < -0.3 is 5.11 Å². The van der Waals surface area contributed by atoms with Crippen molar-refractivity contribution in [3.05, 3.63) is 71.3 Å². The van der Waals surface area contributed by atoms with E-state index in [-0.39, 0.29) is 6.10 Å². The second-order valence-corrected chi connectivity index (χ2v) is 5.19. The summed E-state index contributed by atoms with van der Waals surface area (Å²) in [7, 11) is 0. The summed E-state index contributed by atoms with van der Waals surface area (Å²) in [4.78, 5) is 2.40. The van der Waals surface area contributed by atoms with Gasteiger partial charge in [0.2, 0.25) is 0 Å². The van der Waals surface area contributed by atoms with Crippen LogP contribution in [0.2, 0.25) is 0 Å². The summed E-state index contributed by atoms with van der Waals surface area (Å²) in [6.45, 7) is 2.96. The lowest BCUT2D eigenvalue weighted by Crippen LogP contribution is -2.19. The number of aliphatic hydroxyl groups is 1. The second-order valence-electron chi connectivity index (χ2n) is 5.19. The molecule has 1 atom stereocenters. The van der Waals surface area contributed by atoms with Gasteiger partial charge in [0.1, 0.15) is 0 Å². The van der Waals surface area contributed by atoms with E-state index in [1.54, 1.807) is 0 Å². The van der Waals surface area contributed by atoms with Crippen molar-refractivity contribution in [3.63, 3.8) is 0 Å². The van der Waals surface area contributed by atoms with Gasteiger partial charge in [0.15, 0.2) is 0 Å². The smallest absolute Gasteiger partial charge is 0.0802 e. The first-order valence-electron chi connectivity index (χ1n) is 6.85. The Morgan fingerprint density at radius 2 is 1.47 bits per heavy atom. The maximum Gasteiger partial charge on any atom is 0.0802 e. The van der Waals surface area contributed by atoms with Crippen LogP contribution in [0.3, 0.4) is 0 Å². The molecule has 0 saturated heterocycles. The van der Waals surface area contributed by atoms with Gasteiger partial charge >= 0.3 is 0 Å². The Hall–Kier alpha value is -1.64. The van der Waals surface area contributed by atoms with Gasteiger partial charge in [-0.25, -0.2) is 0 Å². The quantitative estimate of drug-likeness (QED) is 0.905. The third-order valence-electron chi connectivity index (χ3n) is 3.81. The summed E-state index contributed by atoms with van der Waals surface area (Å²) < 4.78 is 0. The van der Waals surface area contributed by atoms with Gasteiger partial charge in [0, 0.05) is 19.6 Å². The Labute approximate surface area is 114 Å². The molecular formula is C17H19NO. The fraction of sp³-hybridized carbons (Fsp3) is 0.294. The number of hydrogen-bond donors (Lipinski definition) is 1. The zero-order valence-electron chi connectivity index (χ0n) is 11.0. The number of rotatable bonds is 4. The van der Waals surface area contributed by atoms with E-state index in [1.165, 1.54) is 11.1 Å². The molecular weight excluding hydrogens is 234 g/mol. The van der Waals surface area contributed by atoms with Crippen molar-refractivity contribution < 1.29 is 5.11 Å². The summed E-state index contributed by atoms with van der Waals surface area (Å²) in [6.07, 6.45) is 0.433. The molecule has 0 bridgehead atoms. The molecule has 0 aromatic heterocycles. The molecule has 2 heteroatoms. The Bertz CT molecular complexity index is 513. The summed E-state index contributed by atoms with van der Waals surface area (Å²) in [5, 5.41) is 10.2. The standard InChI is InChI=1S/C17H19NO/c19-17(14-6-2-1-3-7-14)10-11-18-12-15-8-4-5-9-16(15)13-18/h1-9,17,19H,10-13H2. The first kappa shape index (κ1) is 12.4. The van der Waals surface area contributed by atoms with E-state index in [0.29, 0.717) is 0 Å². The number of fused-ring (bicyclic) bond motifs is 1. The molecule has 0 amide bonds. The Morgan fingerprint density at radius 1 is 0.895 bits per heavy atom. The summed E-state index contributed by atoms with van der Waals surface area (Å²) >= 11 is 0. The SMILES string of the molecule is OC(CCN1Cc2ccccc2C1)c1ccccc1. The highest BCUT2D eigenvalue weighted by Crippen LogP contribution is 2.24. The molecule has 98 valence electrons. The van der Waals surface area contributed by atoms with E-state index in [0.717, 1.165) is 31.6 Å². The Kier molecular flexibility index (Phi) is 3.62. The monoisotopic (exact) mass is 253 g/mol. The van der Waals surface area contributed by atoms with Crippen LogP contribution in [-0.2, 0) is 13.1 Å². The molecule has 3 rings (SSSR count). The minimum atomic E-state index is -0.357. The molecule has 0 aliphatic carbocycles. The number of benzene rings is 2. The fourth-order valence-corrected chi connectivity index (χ4v) is 2.71. The topological polar surface area (TPSA) is 23.5 Å². The molecule has 0 saturated carbocycles. The number of nitrogens with zero attached hydrogens (tertiary/aromatic N) is 1. The molecule has 2 aromatic rings. The first-order valence-corrected chi connectivity index (χ1v) is 6.85. The maximum atomic E-state index is 10.2. The van der Waals surface area contributed by atoms with Crippen LogP contribution < -0.4 is 0 Å². The predicted molar refractivity (Wildman–Crippen MR) is 76.6 cm³/mol. The molecule has 0 spiro atoms. The van der Waals surface area contributed by atoms with Crippen LogP contribution in [0.5, 0.6) is 0 Å². The highest BCUT2D eigenvalue weighted by Gasteiger charge is 2.18. The lowest BCUT2D eigenvalue weighted by atomic mass is 10.1. The third-order valence-corrected chi connectivity index (χ3v) is 3.81. The molecule has 1 aliphatic heterocycles. The van der Waals surface area contributed by atoms with Crippen LogP contribution in [0.4, 0.5) is 0 Å². The first-order chi connectivity index (χ1) is 9.33. The van der Waals surface area contributed by atoms with Crippen LogP contribution >= 0.6 is 0 Å². The summed E-state index contributed by atoms with van der Waals surface area (Å²) in [5.74, 6) is 0. The van der Waals surface area contributed by atoms with Gasteiger partial charge in [-0.15, -0.1) is 0 Å². The molecule has 1 N–H and O–H groups in total. The van der Waals surface area contributed by atoms with Crippen molar-refractivity contribution >= 4 is 0 Å². The van der Waals surface area contributed by atoms with Crippen molar-refractivity contribution in [2.75, 3.05) is 6.54 Å². The number of hydrogen-bond acceptors (Lipinski definition) is 2. The van der Waals surface area contributed by atoms with E-state index in [9.17, 15) is 5.11 Å². The van der Waals surface area contributed by atoms with Gasteiger partial charge in [-0.1, -0.05) is 54.6 Å². The molecule has 1 heterocycles. The molecule has 2 aromatic carbocycles. The van der Waals surface area contributed by atoms with Crippen molar-refractivity contribution in [1.82, 2.24) is 4.90 Å². The zero-order valence-corrected chi connectivity index (χ0v) is 11.0. The highest BCUT2D eigenvalue weighted by molar-refractivity contribution is 5.30. The van der Waals surface area contributed by atoms with Crippen LogP contribution in [-0.4, -0.2) is 16.6 Å². The largest absolute Gasteiger partial charge is 0.388 e. The van der Waals surface area contributed by atoms with Crippen molar-refractivity contribution in [2.24, 2.45) is 0 Å². The third kappa shape index (κ3) is 2.86. The van der Waals surface area contributed by atoms with E-state index in [1.807, 2.05) is 30.3 Å². The van der Waals surface area contributed by atoms with Crippen LogP contribution in [0.15, 0.2) is 54.6 Å². The fourth-order valence-electron chi connectivity index (χ4n) is 2.71. The minimum Gasteiger partial charge on any atom is -0.388 e. The second kappa shape index (κ2) is 5.55. The van der Waals surface area contributed by atoms with Gasteiger partial charge in [-0.2, -0.15) is 0 Å². The van der Waals surface area contributed by atoms with Crippen molar-refractivity contribution in [1.29, 1.82) is 0 Å². The lowest BCUT2D eigenvalue weighted by molar-refractivity contribution is 0.141. The number of aliphatic hydroxyl groups excluding tert-OH is 1. The average molecular weight is 253 g/mol. The van der Waals surface area contributed by atoms with Gasteiger partial charge in [0.25, 0.3) is 0 Å². The minimum absolute atomic E-state index is 0.357. The van der Waals surface area contributed by atoms with Gasteiger partial charge in [-0.05, 0) is 23.1 Å². The molecule has 0 radical (unpaired) electrons. The lowest BCUT2D eigenvalue weighted by Gasteiger charge is -2.17. The van der Waals surface area contributed by atoms with Gasteiger partial charge in [0.05, 0.1) is 6.10 Å². The Balaban J connectivity index is 1.55. The van der Waals surface area contributed by atoms with E-state index in [2.05, 4.69) is 29.2 Å². The predicted octanol–water partition coefficient (Wildman–Crippen LogP) is 3.13. The van der Waals surface area contributed by atoms with E-state index < -0.39 is 0 Å². The van der Waals surface area contributed by atoms with E-state index >= 15 is 0 Å². The van der Waals surface area contributed by atoms with Gasteiger partial charge in [-0.3, -0.25) is 4.90 Å². The normalized spacial score (nSPS) is 16.3. The Morgan fingerprint density at radius 3 is 2.11 bits per heavy atom. The average Bonchev–Trinajstić information content (AvgIpc) is 2.88. The van der Waals surface area contributed by atoms with Crippen molar-refractivity contribution in [3.8, 4) is 0 Å². The van der Waals surface area contributed by atoms with E-state index in [4.69, 9.17) is 0 Å². The van der Waals surface area contributed by atoms with Crippen LogP contribution in [0.1, 0.15) is 29.2 Å². The summed E-state index contributed by atoms with van der Waals surface area (Å²) in [5.41, 5.74) is 3.87. The van der Waals surface area contributed by atoms with Crippen molar-refractivity contribution in [2.45, 2.75) is 25.6 Å². The molecule has 19 heavy (non-hydrogen) atoms. The summed E-state index contributed by atoms with van der Waals surface area (Å²) in [6, 6.07) is 18.5. The molecule has 1 unspecified atom stereocenters. The zero-order chi connectivity index (χ0) is 13.1. The molecule has 1 aliphatic rings. The molecule has 0 fully saturated rings. The van der Waals surface area contributed by atoms with Crippen LogP contribution in [0, 0.1) is 0 Å². The molecule has 2 nitrogen and oxygen atoms in total. The maximum absolute atomic E-state index is 10.2. The van der Waals surface area contributed by atoms with Crippen LogP contribution in [0.25, 0.3) is 0 Å².